The second-order valence-corrected chi connectivity index (χ2v) is 6.41. The van der Waals surface area contributed by atoms with E-state index in [4.69, 9.17) is 5.11 Å². The molecule has 0 bridgehead atoms. The quantitative estimate of drug-likeness (QED) is 0.717. The van der Waals surface area contributed by atoms with Crippen LogP contribution in [0.4, 0.5) is 5.13 Å². The summed E-state index contributed by atoms with van der Waals surface area (Å²) in [5.74, 6) is 0.170. The molecule has 0 atom stereocenters. The zero-order valence-electron chi connectivity index (χ0n) is 11.9. The Hall–Kier alpha value is -1.17. The number of carbonyl (C=O) groups is 1. The number of unbranched alkanes of at least 4 members (excludes halogenated alkanes) is 3. The summed E-state index contributed by atoms with van der Waals surface area (Å²) in [6.45, 7) is 7.16. The molecule has 0 amide bonds. The van der Waals surface area contributed by atoms with Crippen LogP contribution in [0.3, 0.4) is 0 Å². The van der Waals surface area contributed by atoms with E-state index >= 15 is 0 Å². The maximum atomic E-state index is 10.3. The van der Waals surface area contributed by atoms with Crippen molar-refractivity contribution in [2.75, 3.05) is 11.9 Å². The normalized spacial score (nSPS) is 11.5. The molecule has 108 valence electrons. The summed E-state index contributed by atoms with van der Waals surface area (Å²) in [5.41, 5.74) is -0.00668. The highest BCUT2D eigenvalue weighted by Crippen LogP contribution is 2.22. The van der Waals surface area contributed by atoms with Crippen LogP contribution < -0.4 is 5.32 Å². The third kappa shape index (κ3) is 6.52. The molecule has 0 aromatic carbocycles. The predicted octanol–water partition coefficient (Wildman–Crippen LogP) is 3.28. The van der Waals surface area contributed by atoms with E-state index in [1.54, 1.807) is 0 Å². The first kappa shape index (κ1) is 15.9. The molecule has 5 nitrogen and oxygen atoms in total. The van der Waals surface area contributed by atoms with Gasteiger partial charge in [-0.2, -0.15) is 4.37 Å². The number of aromatic nitrogens is 2. The average Bonchev–Trinajstić information content (AvgIpc) is 2.75. The monoisotopic (exact) mass is 285 g/mol. The molecule has 0 fully saturated rings. The average molecular weight is 285 g/mol. The SMILES string of the molecule is CC(C)(C)c1nsc(NCCCCCCC(=O)O)n1. The molecule has 1 aromatic rings. The van der Waals surface area contributed by atoms with Crippen molar-refractivity contribution in [2.24, 2.45) is 0 Å². The predicted molar refractivity (Wildman–Crippen MR) is 77.8 cm³/mol. The van der Waals surface area contributed by atoms with Crippen molar-refractivity contribution < 1.29 is 9.90 Å². The van der Waals surface area contributed by atoms with Gasteiger partial charge in [0.15, 0.2) is 0 Å². The number of nitrogens with one attached hydrogen (secondary N) is 1. The third-order valence-corrected chi connectivity index (χ3v) is 3.36. The van der Waals surface area contributed by atoms with E-state index < -0.39 is 5.97 Å². The van der Waals surface area contributed by atoms with Gasteiger partial charge in [-0.25, -0.2) is 4.98 Å². The highest BCUT2D eigenvalue weighted by molar-refractivity contribution is 7.09. The van der Waals surface area contributed by atoms with Gasteiger partial charge < -0.3 is 10.4 Å². The first-order chi connectivity index (χ1) is 8.89. The Kier molecular flexibility index (Phi) is 6.21. The van der Waals surface area contributed by atoms with E-state index in [1.807, 2.05) is 0 Å². The molecule has 0 saturated heterocycles. The smallest absolute Gasteiger partial charge is 0.303 e. The number of carboxylic acid groups (broad SMARTS) is 1. The van der Waals surface area contributed by atoms with E-state index in [0.717, 1.165) is 43.2 Å². The first-order valence-corrected chi connectivity index (χ1v) is 7.47. The minimum atomic E-state index is -0.707. The Bertz CT molecular complexity index is 399. The lowest BCUT2D eigenvalue weighted by Gasteiger charge is -2.12. The molecular weight excluding hydrogens is 262 g/mol. The van der Waals surface area contributed by atoms with Crippen molar-refractivity contribution in [2.45, 2.75) is 58.3 Å². The molecule has 1 heterocycles. The number of nitrogens with zero attached hydrogens (tertiary/aromatic N) is 2. The van der Waals surface area contributed by atoms with Crippen LogP contribution in [0.1, 0.15) is 58.7 Å². The van der Waals surface area contributed by atoms with E-state index in [-0.39, 0.29) is 11.8 Å². The topological polar surface area (TPSA) is 75.1 Å². The number of anilines is 1. The summed E-state index contributed by atoms with van der Waals surface area (Å²) in [7, 11) is 0. The van der Waals surface area contributed by atoms with Crippen LogP contribution in [0.5, 0.6) is 0 Å². The van der Waals surface area contributed by atoms with Crippen LogP contribution in [-0.4, -0.2) is 27.0 Å². The fraction of sp³-hybridized carbons (Fsp3) is 0.769. The van der Waals surface area contributed by atoms with E-state index in [9.17, 15) is 4.79 Å². The number of hydrogen-bond acceptors (Lipinski definition) is 5. The van der Waals surface area contributed by atoms with Crippen molar-refractivity contribution in [3.05, 3.63) is 5.82 Å². The fourth-order valence-electron chi connectivity index (χ4n) is 1.55. The molecule has 0 spiro atoms. The number of carboxylic acids is 1. The summed E-state index contributed by atoms with van der Waals surface area (Å²) in [4.78, 5) is 14.8. The zero-order valence-corrected chi connectivity index (χ0v) is 12.7. The maximum absolute atomic E-state index is 10.3. The van der Waals surface area contributed by atoms with Crippen molar-refractivity contribution in [3.8, 4) is 0 Å². The summed E-state index contributed by atoms with van der Waals surface area (Å²) in [5, 5.41) is 12.6. The summed E-state index contributed by atoms with van der Waals surface area (Å²) in [6, 6.07) is 0. The van der Waals surface area contributed by atoms with Gasteiger partial charge >= 0.3 is 5.97 Å². The number of aliphatic carboxylic acids is 1. The molecule has 0 aliphatic carbocycles. The van der Waals surface area contributed by atoms with Crippen LogP contribution in [-0.2, 0) is 10.2 Å². The lowest BCUT2D eigenvalue weighted by molar-refractivity contribution is -0.137. The molecule has 1 rings (SSSR count). The van der Waals surface area contributed by atoms with E-state index in [1.165, 1.54) is 11.5 Å². The number of hydrogen-bond donors (Lipinski definition) is 2. The highest BCUT2D eigenvalue weighted by Gasteiger charge is 2.19. The molecule has 19 heavy (non-hydrogen) atoms. The molecule has 0 radical (unpaired) electrons. The van der Waals surface area contributed by atoms with Crippen LogP contribution in [0.2, 0.25) is 0 Å². The van der Waals surface area contributed by atoms with E-state index in [0.29, 0.717) is 0 Å². The minimum absolute atomic E-state index is 0.00668. The molecule has 0 saturated carbocycles. The second-order valence-electron chi connectivity index (χ2n) is 5.66. The van der Waals surface area contributed by atoms with Gasteiger partial charge in [-0.1, -0.05) is 33.6 Å². The van der Waals surface area contributed by atoms with Crippen LogP contribution >= 0.6 is 11.5 Å². The molecule has 0 aliphatic heterocycles. The molecule has 6 heteroatoms. The van der Waals surface area contributed by atoms with Gasteiger partial charge in [0.1, 0.15) is 5.82 Å². The van der Waals surface area contributed by atoms with Gasteiger partial charge in [0.2, 0.25) is 5.13 Å². The zero-order chi connectivity index (χ0) is 14.3. The van der Waals surface area contributed by atoms with Gasteiger partial charge in [-0.05, 0) is 12.8 Å². The lowest BCUT2D eigenvalue weighted by atomic mass is 9.96. The van der Waals surface area contributed by atoms with Crippen molar-refractivity contribution >= 4 is 22.6 Å². The summed E-state index contributed by atoms with van der Waals surface area (Å²) in [6.07, 6.45) is 4.09. The summed E-state index contributed by atoms with van der Waals surface area (Å²) < 4.78 is 4.34. The van der Waals surface area contributed by atoms with Crippen LogP contribution in [0.15, 0.2) is 0 Å². The standard InChI is InChI=1S/C13H23N3O2S/c1-13(2,3)11-15-12(19-16-11)14-9-7-5-4-6-8-10(17)18/h4-9H2,1-3H3,(H,17,18)(H,14,15,16). The Morgan fingerprint density at radius 3 is 2.53 bits per heavy atom. The van der Waals surface area contributed by atoms with Crippen molar-refractivity contribution in [1.29, 1.82) is 0 Å². The maximum Gasteiger partial charge on any atom is 0.303 e. The van der Waals surface area contributed by atoms with Crippen LogP contribution in [0.25, 0.3) is 0 Å². The fourth-order valence-corrected chi connectivity index (χ4v) is 2.33. The van der Waals surface area contributed by atoms with Crippen molar-refractivity contribution in [3.63, 3.8) is 0 Å². The van der Waals surface area contributed by atoms with Crippen molar-refractivity contribution in [1.82, 2.24) is 9.36 Å². The molecule has 0 unspecified atom stereocenters. The lowest BCUT2D eigenvalue weighted by Crippen LogP contribution is -2.13. The minimum Gasteiger partial charge on any atom is -0.481 e. The Balaban J connectivity index is 2.13. The Labute approximate surface area is 118 Å². The second kappa shape index (κ2) is 7.43. The Morgan fingerprint density at radius 2 is 1.95 bits per heavy atom. The third-order valence-electron chi connectivity index (χ3n) is 2.69. The Morgan fingerprint density at radius 1 is 1.26 bits per heavy atom. The largest absolute Gasteiger partial charge is 0.481 e. The van der Waals surface area contributed by atoms with Gasteiger partial charge in [-0.15, -0.1) is 0 Å². The molecule has 1 aromatic heterocycles. The van der Waals surface area contributed by atoms with E-state index in [2.05, 4.69) is 35.4 Å². The first-order valence-electron chi connectivity index (χ1n) is 6.69. The molecule has 0 aliphatic rings. The summed E-state index contributed by atoms with van der Waals surface area (Å²) >= 11 is 1.40. The van der Waals surface area contributed by atoms with Gasteiger partial charge in [0.05, 0.1) is 0 Å². The van der Waals surface area contributed by atoms with Gasteiger partial charge in [-0.3, -0.25) is 4.79 Å². The molecular formula is C13H23N3O2S. The van der Waals surface area contributed by atoms with Gasteiger partial charge in [0.25, 0.3) is 0 Å². The molecule has 2 N–H and O–H groups in total. The highest BCUT2D eigenvalue weighted by atomic mass is 32.1. The number of rotatable bonds is 8. The van der Waals surface area contributed by atoms with Gasteiger partial charge in [0, 0.05) is 29.9 Å². The van der Waals surface area contributed by atoms with Crippen LogP contribution in [0, 0.1) is 0 Å².